The lowest BCUT2D eigenvalue weighted by atomic mass is 9.61. The fourth-order valence-electron chi connectivity index (χ4n) is 6.89. The van der Waals surface area contributed by atoms with E-state index in [4.69, 9.17) is 21.7 Å². The van der Waals surface area contributed by atoms with E-state index >= 15 is 4.79 Å². The molecule has 1 aromatic carbocycles. The van der Waals surface area contributed by atoms with Crippen molar-refractivity contribution in [2.75, 3.05) is 6.61 Å². The Kier molecular flexibility index (Phi) is 9.82. The van der Waals surface area contributed by atoms with E-state index in [-0.39, 0.29) is 47.8 Å². The lowest BCUT2D eigenvalue weighted by Gasteiger charge is -2.46. The van der Waals surface area contributed by atoms with Crippen LogP contribution in [0, 0.1) is 22.1 Å². The number of rotatable bonds is 10. The number of benzene rings is 1. The normalized spacial score (nSPS) is 23.0. The molecule has 1 saturated heterocycles. The fourth-order valence-corrected chi connectivity index (χ4v) is 7.09. The molecule has 3 heterocycles. The summed E-state index contributed by atoms with van der Waals surface area (Å²) in [5.74, 6) is -2.13. The van der Waals surface area contributed by atoms with Crippen LogP contribution in [-0.2, 0) is 9.53 Å². The number of halogens is 7. The van der Waals surface area contributed by atoms with Gasteiger partial charge in [0, 0.05) is 11.0 Å². The number of nitrogens with one attached hydrogen (secondary N) is 3. The third kappa shape index (κ3) is 7.14. The predicted molar refractivity (Wildman–Crippen MR) is 183 cm³/mol. The van der Waals surface area contributed by atoms with Gasteiger partial charge < -0.3 is 15.4 Å². The van der Waals surface area contributed by atoms with Crippen LogP contribution < -0.4 is 10.6 Å². The summed E-state index contributed by atoms with van der Waals surface area (Å²) in [5, 5.41) is 18.0. The number of hydrogen-bond acceptors (Lipinski definition) is 8. The highest BCUT2D eigenvalue weighted by Gasteiger charge is 2.65. The van der Waals surface area contributed by atoms with E-state index in [2.05, 4.69) is 25.4 Å². The molecule has 3 aliphatic rings. The molecular formula is C35H36ClF6N9O3. The zero-order valence-corrected chi connectivity index (χ0v) is 30.2. The Morgan fingerprint density at radius 2 is 1.83 bits per heavy atom. The number of carbonyl (C=O) groups excluding carboxylic acids is 2. The number of nitrogens with zero attached hydrogens (tertiary/aromatic N) is 6. The van der Waals surface area contributed by atoms with Crippen molar-refractivity contribution < 1.29 is 40.7 Å². The minimum absolute atomic E-state index is 0.0416. The molecule has 19 heteroatoms. The van der Waals surface area contributed by atoms with E-state index in [9.17, 15) is 31.1 Å². The molecule has 6 rings (SSSR count). The first-order valence-corrected chi connectivity index (χ1v) is 17.1. The molecule has 0 spiro atoms. The second-order valence-electron chi connectivity index (χ2n) is 15.0. The quantitative estimate of drug-likeness (QED) is 0.182. The van der Waals surface area contributed by atoms with Crippen molar-refractivity contribution in [3.05, 3.63) is 83.2 Å². The molecule has 1 saturated carbocycles. The highest BCUT2D eigenvalue weighted by Crippen LogP contribution is 2.51. The molecule has 288 valence electrons. The van der Waals surface area contributed by atoms with E-state index in [1.54, 1.807) is 18.2 Å². The van der Waals surface area contributed by atoms with Gasteiger partial charge in [0.05, 0.1) is 29.1 Å². The molecule has 12 nitrogen and oxygen atoms in total. The highest BCUT2D eigenvalue weighted by atomic mass is 35.5. The van der Waals surface area contributed by atoms with Gasteiger partial charge in [-0.05, 0) is 48.8 Å². The molecule has 2 fully saturated rings. The van der Waals surface area contributed by atoms with Gasteiger partial charge in [-0.3, -0.25) is 15.1 Å². The van der Waals surface area contributed by atoms with Crippen molar-refractivity contribution in [1.82, 2.24) is 40.3 Å². The largest absolute Gasteiger partial charge is 0.447 e. The zero-order valence-electron chi connectivity index (χ0n) is 29.4. The van der Waals surface area contributed by atoms with Crippen molar-refractivity contribution in [1.29, 1.82) is 5.41 Å². The zero-order chi connectivity index (χ0) is 39.4. The lowest BCUT2D eigenvalue weighted by Crippen LogP contribution is -2.60. The summed E-state index contributed by atoms with van der Waals surface area (Å²) in [4.78, 5) is 40.7. The molecule has 0 bridgehead atoms. The molecule has 1 aliphatic heterocycles. The number of amides is 2. The number of guanidine groups is 1. The second kappa shape index (κ2) is 13.7. The van der Waals surface area contributed by atoms with Crippen LogP contribution in [0.5, 0.6) is 0 Å². The minimum Gasteiger partial charge on any atom is -0.447 e. The average Bonchev–Trinajstić information content (AvgIpc) is 3.63. The maximum atomic E-state index is 15.1. The number of alkyl carbamates (subject to hydrolysis) is 1. The molecule has 54 heavy (non-hydrogen) atoms. The fraction of sp³-hybridized carbons (Fsp3) is 0.457. The molecular weight excluding hydrogens is 744 g/mol. The Bertz CT molecular complexity index is 2030. The molecule has 2 aromatic heterocycles. The van der Waals surface area contributed by atoms with Gasteiger partial charge in [0.2, 0.25) is 0 Å². The standard InChI is InChI=1S/C35H36ClF6N9O3/c1-31(2,3)17-34(32(4)9-7-19(8-10-32)26-44-14-21(37)15-45-26)28(52)50(29(43)48-34)24(16-54-30(53)49-33(11-12-33)35(40,41)42)20-5-6-22(36)23(13-20)51-27(25(38)39)46-18-47-51/h5-9,13-15,18,24-25H,10-12,16-17H2,1-4H3,(H2,43,48)(H,49,53)/t24-,32?,34+/m1/s1. The van der Waals surface area contributed by atoms with Crippen molar-refractivity contribution in [2.24, 2.45) is 10.8 Å². The number of allylic oxidation sites excluding steroid dienone is 3. The Balaban J connectivity index is 1.40. The highest BCUT2D eigenvalue weighted by molar-refractivity contribution is 6.32. The smallest absolute Gasteiger partial charge is 0.411 e. The third-order valence-corrected chi connectivity index (χ3v) is 10.2. The van der Waals surface area contributed by atoms with E-state index in [0.717, 1.165) is 28.3 Å². The second-order valence-corrected chi connectivity index (χ2v) is 15.4. The van der Waals surface area contributed by atoms with Crippen molar-refractivity contribution >= 4 is 35.1 Å². The summed E-state index contributed by atoms with van der Waals surface area (Å²) in [6.45, 7) is 6.78. The molecule has 0 radical (unpaired) electrons. The van der Waals surface area contributed by atoms with Crippen LogP contribution in [0.3, 0.4) is 0 Å². The van der Waals surface area contributed by atoms with Gasteiger partial charge in [0.1, 0.15) is 24.0 Å². The Morgan fingerprint density at radius 3 is 2.41 bits per heavy atom. The first kappa shape index (κ1) is 38.7. The van der Waals surface area contributed by atoms with Gasteiger partial charge in [0.25, 0.3) is 12.3 Å². The van der Waals surface area contributed by atoms with Crippen LogP contribution in [0.25, 0.3) is 11.3 Å². The number of hydrogen-bond donors (Lipinski definition) is 3. The molecule has 3 aromatic rings. The van der Waals surface area contributed by atoms with Gasteiger partial charge in [-0.2, -0.15) is 18.3 Å². The topological polar surface area (TPSA) is 151 Å². The Morgan fingerprint density at radius 1 is 1.15 bits per heavy atom. The van der Waals surface area contributed by atoms with Gasteiger partial charge in [-0.25, -0.2) is 37.6 Å². The maximum absolute atomic E-state index is 15.1. The Labute approximate surface area is 310 Å². The van der Waals surface area contributed by atoms with Gasteiger partial charge in [-0.15, -0.1) is 0 Å². The lowest BCUT2D eigenvalue weighted by molar-refractivity contribution is -0.164. The van der Waals surface area contributed by atoms with E-state index in [0.29, 0.717) is 5.57 Å². The third-order valence-electron chi connectivity index (χ3n) is 9.85. The monoisotopic (exact) mass is 779 g/mol. The van der Waals surface area contributed by atoms with Gasteiger partial charge >= 0.3 is 12.3 Å². The predicted octanol–water partition coefficient (Wildman–Crippen LogP) is 7.24. The summed E-state index contributed by atoms with van der Waals surface area (Å²) in [6.07, 6.45) is -1.25. The van der Waals surface area contributed by atoms with Crippen LogP contribution >= 0.6 is 11.6 Å². The summed E-state index contributed by atoms with van der Waals surface area (Å²) in [5.41, 5.74) is -4.92. The summed E-state index contributed by atoms with van der Waals surface area (Å²) in [7, 11) is 0. The summed E-state index contributed by atoms with van der Waals surface area (Å²) >= 11 is 6.43. The minimum atomic E-state index is -4.74. The number of aromatic nitrogens is 5. The van der Waals surface area contributed by atoms with Crippen LogP contribution in [0.1, 0.15) is 83.1 Å². The van der Waals surface area contributed by atoms with Crippen molar-refractivity contribution in [3.8, 4) is 5.69 Å². The average molecular weight is 780 g/mol. The van der Waals surface area contributed by atoms with Gasteiger partial charge in [-0.1, -0.05) is 63.6 Å². The molecule has 2 aliphatic carbocycles. The number of carbonyl (C=O) groups is 2. The number of ether oxygens (including phenoxy) is 1. The summed E-state index contributed by atoms with van der Waals surface area (Å²) < 4.78 is 88.4. The van der Waals surface area contributed by atoms with E-state index in [1.165, 1.54) is 18.2 Å². The van der Waals surface area contributed by atoms with Crippen LogP contribution in [0.15, 0.2) is 55.1 Å². The molecule has 3 N–H and O–H groups in total. The number of alkyl halides is 5. The first-order valence-electron chi connectivity index (χ1n) is 16.8. The SMILES string of the molecule is CC(C)(C)C[C@]1(C2(C)C=CC(c3ncc(F)cn3)=CC2)NC(=N)N([C@H](COC(=O)NC2(C(F)(F)F)CC2)c2ccc(Cl)c(-n3ncnc3C(F)F)c2)C1=O. The van der Waals surface area contributed by atoms with Crippen molar-refractivity contribution in [3.63, 3.8) is 0 Å². The van der Waals surface area contributed by atoms with Crippen LogP contribution in [0.2, 0.25) is 5.02 Å². The maximum Gasteiger partial charge on any atom is 0.411 e. The van der Waals surface area contributed by atoms with Crippen molar-refractivity contribution in [2.45, 2.75) is 83.1 Å². The van der Waals surface area contributed by atoms with Crippen LogP contribution in [0.4, 0.5) is 31.1 Å². The van der Waals surface area contributed by atoms with E-state index < -0.39 is 76.8 Å². The molecule has 3 atom stereocenters. The summed E-state index contributed by atoms with van der Waals surface area (Å²) in [6, 6.07) is 2.67. The molecule has 2 amide bonds. The van der Waals surface area contributed by atoms with Crippen LogP contribution in [-0.4, -0.2) is 71.5 Å². The molecule has 1 unspecified atom stereocenters. The first-order chi connectivity index (χ1) is 25.2. The van der Waals surface area contributed by atoms with Gasteiger partial charge in [0.15, 0.2) is 23.4 Å². The van der Waals surface area contributed by atoms with E-state index in [1.807, 2.05) is 33.0 Å². The Hall–Kier alpha value is -5.00.